The van der Waals surface area contributed by atoms with Gasteiger partial charge < -0.3 is 19.1 Å². The number of anilines is 7. The minimum atomic E-state index is -0.0670. The average Bonchev–Trinajstić information content (AvgIpc) is 3.82. The molecule has 4 aliphatic heterocycles. The number of fused-ring (bicyclic) bond motifs is 13. The summed E-state index contributed by atoms with van der Waals surface area (Å²) in [4.78, 5) is 8.33. The van der Waals surface area contributed by atoms with Crippen LogP contribution in [0.2, 0.25) is 0 Å². The van der Waals surface area contributed by atoms with Crippen molar-refractivity contribution in [2.24, 2.45) is 0 Å². The molecule has 7 aromatic rings. The molecule has 0 spiro atoms. The Morgan fingerprint density at radius 2 is 1.15 bits per heavy atom. The lowest BCUT2D eigenvalue weighted by molar-refractivity contribution is 0.195. The molecule has 2 saturated carbocycles. The molecule has 4 unspecified atom stereocenters. The molecular weight excluding hydrogens is 802 g/mol. The largest absolute Gasteiger partial charge is 0.456 e. The Labute approximate surface area is 393 Å². The van der Waals surface area contributed by atoms with Gasteiger partial charge in [-0.2, -0.15) is 0 Å². The van der Waals surface area contributed by atoms with E-state index in [1.54, 1.807) is 5.56 Å². The summed E-state index contributed by atoms with van der Waals surface area (Å²) < 4.78 is 6.49. The van der Waals surface area contributed by atoms with Crippen molar-refractivity contribution in [2.75, 3.05) is 14.7 Å². The highest BCUT2D eigenvalue weighted by Gasteiger charge is 2.62. The summed E-state index contributed by atoms with van der Waals surface area (Å²) >= 11 is 0. The van der Waals surface area contributed by atoms with Crippen molar-refractivity contribution in [3.8, 4) is 0 Å². The molecule has 0 saturated heterocycles. The number of benzene rings is 6. The molecule has 5 heterocycles. The van der Waals surface area contributed by atoms with E-state index in [0.29, 0.717) is 0 Å². The first-order chi connectivity index (χ1) is 31.4. The van der Waals surface area contributed by atoms with Gasteiger partial charge in [0.2, 0.25) is 0 Å². The predicted octanol–water partition coefficient (Wildman–Crippen LogP) is 14.6. The lowest BCUT2D eigenvalue weighted by atomic mass is 9.33. The highest BCUT2D eigenvalue weighted by Crippen LogP contribution is 2.64. The number of nitrogens with zero attached hydrogens (tertiary/aromatic N) is 3. The summed E-state index contributed by atoms with van der Waals surface area (Å²) in [5.41, 5.74) is 22.9. The second-order valence-electron chi connectivity index (χ2n) is 24.5. The van der Waals surface area contributed by atoms with Crippen LogP contribution in [0.15, 0.2) is 108 Å². The van der Waals surface area contributed by atoms with Crippen molar-refractivity contribution >= 4 is 84.9 Å². The third-order valence-corrected chi connectivity index (χ3v) is 18.9. The van der Waals surface area contributed by atoms with E-state index < -0.39 is 0 Å². The maximum Gasteiger partial charge on any atom is 0.252 e. The van der Waals surface area contributed by atoms with Crippen molar-refractivity contribution in [2.45, 2.75) is 160 Å². The van der Waals surface area contributed by atoms with E-state index >= 15 is 0 Å². The van der Waals surface area contributed by atoms with Crippen molar-refractivity contribution in [3.05, 3.63) is 131 Å². The Morgan fingerprint density at radius 3 is 1.89 bits per heavy atom. The van der Waals surface area contributed by atoms with Gasteiger partial charge in [0.05, 0.1) is 11.1 Å². The summed E-state index contributed by atoms with van der Waals surface area (Å²) in [6, 6.07) is 41.0. The number of hydrogen-bond acceptors (Lipinski definition) is 4. The molecule has 0 N–H and O–H groups in total. The second kappa shape index (κ2) is 13.0. The van der Waals surface area contributed by atoms with Crippen LogP contribution in [0.4, 0.5) is 39.8 Å². The van der Waals surface area contributed by atoms with E-state index in [-0.39, 0.29) is 39.5 Å². The van der Waals surface area contributed by atoms with E-state index in [2.05, 4.69) is 194 Å². The number of aryl methyl sites for hydroxylation is 1. The minimum absolute atomic E-state index is 0.00498. The van der Waals surface area contributed by atoms with Crippen LogP contribution in [0.1, 0.15) is 148 Å². The smallest absolute Gasteiger partial charge is 0.252 e. The van der Waals surface area contributed by atoms with E-state index in [1.807, 2.05) is 0 Å². The van der Waals surface area contributed by atoms with Crippen molar-refractivity contribution in [3.63, 3.8) is 0 Å². The highest BCUT2D eigenvalue weighted by molar-refractivity contribution is 7.00. The number of hydrogen-bond donors (Lipinski definition) is 0. The molecule has 1 aromatic heterocycles. The van der Waals surface area contributed by atoms with E-state index in [9.17, 15) is 0 Å². The van der Waals surface area contributed by atoms with Gasteiger partial charge in [0.15, 0.2) is 0 Å². The van der Waals surface area contributed by atoms with Crippen LogP contribution < -0.4 is 31.1 Å². The van der Waals surface area contributed by atoms with Crippen LogP contribution in [-0.4, -0.2) is 17.8 Å². The lowest BCUT2D eigenvalue weighted by Crippen LogP contribution is -2.64. The molecule has 0 amide bonds. The monoisotopic (exact) mass is 868 g/mol. The SMILES string of the molecule is Cc1cc2c3c(c1)N1c4c(cc(C(C)(C)C)cc4C4(C)CCCCC14C)B3c1ccc(N3c4ccc(C(C)(C)C)cc4C4(C)CCCCC34C)cc1N2c1ccc2oc3ccccc3c2c1. The molecule has 5 heteroatoms. The van der Waals surface area contributed by atoms with Crippen molar-refractivity contribution in [1.82, 2.24) is 0 Å². The van der Waals surface area contributed by atoms with E-state index in [0.717, 1.165) is 21.9 Å². The van der Waals surface area contributed by atoms with Crippen LogP contribution in [-0.2, 0) is 21.7 Å². The van der Waals surface area contributed by atoms with Crippen LogP contribution in [0.3, 0.4) is 0 Å². The van der Waals surface area contributed by atoms with Crippen molar-refractivity contribution in [1.29, 1.82) is 0 Å². The predicted molar refractivity (Wildman–Crippen MR) is 281 cm³/mol. The minimum Gasteiger partial charge on any atom is -0.456 e. The standard InChI is InChI=1S/C61H66BN3O/c1-37-30-50-54-51(31-37)65-55-45(59(9)27-15-17-29-61(59,65)11)33-39(57(5,6)7)34-47(55)62(54)46-23-21-41(36-49(46)63(50)40-22-25-53-43(35-40)42-18-12-13-19-52(42)66-53)64-48-24-20-38(56(2,3)4)32-44(48)58(8)26-14-16-28-60(58,64)10/h12-13,18-25,30-36H,14-17,26-29H2,1-11H3. The fourth-order valence-electron chi connectivity index (χ4n) is 14.8. The zero-order valence-electron chi connectivity index (χ0n) is 41.3. The molecule has 334 valence electrons. The summed E-state index contributed by atoms with van der Waals surface area (Å²) in [5, 5.41) is 2.32. The van der Waals surface area contributed by atoms with Crippen LogP contribution >= 0.6 is 0 Å². The Hall–Kier alpha value is -5.42. The normalized spacial score (nSPS) is 26.0. The molecule has 4 atom stereocenters. The fraction of sp³-hybridized carbons (Fsp3) is 0.410. The molecule has 0 radical (unpaired) electrons. The van der Waals surface area contributed by atoms with Gasteiger partial charge in [0, 0.05) is 61.4 Å². The maximum absolute atomic E-state index is 6.49. The molecular formula is C61H66BN3O. The molecule has 0 bridgehead atoms. The molecule has 13 rings (SSSR count). The van der Waals surface area contributed by atoms with Crippen molar-refractivity contribution < 1.29 is 4.42 Å². The third-order valence-electron chi connectivity index (χ3n) is 18.9. The fourth-order valence-corrected chi connectivity index (χ4v) is 14.8. The molecule has 6 aliphatic rings. The second-order valence-corrected chi connectivity index (χ2v) is 24.5. The van der Waals surface area contributed by atoms with Gasteiger partial charge in [-0.3, -0.25) is 0 Å². The van der Waals surface area contributed by atoms with Crippen LogP contribution in [0.5, 0.6) is 0 Å². The maximum atomic E-state index is 6.49. The Kier molecular flexibility index (Phi) is 8.02. The quantitative estimate of drug-likeness (QED) is 0.162. The van der Waals surface area contributed by atoms with Gasteiger partial charge in [0.1, 0.15) is 11.2 Å². The Bertz CT molecular complexity index is 3260. The molecule has 66 heavy (non-hydrogen) atoms. The highest BCUT2D eigenvalue weighted by atomic mass is 16.3. The first-order valence-electron chi connectivity index (χ1n) is 25.3. The third kappa shape index (κ3) is 5.03. The van der Waals surface area contributed by atoms with Gasteiger partial charge in [-0.15, -0.1) is 0 Å². The van der Waals surface area contributed by atoms with Crippen LogP contribution in [0, 0.1) is 6.92 Å². The summed E-state index contributed by atoms with van der Waals surface area (Å²) in [6.45, 7) is 27.2. The Morgan fingerprint density at radius 1 is 0.515 bits per heavy atom. The Balaban J connectivity index is 1.11. The summed E-state index contributed by atoms with van der Waals surface area (Å²) in [5.74, 6) is 0. The first-order valence-corrected chi connectivity index (χ1v) is 25.3. The van der Waals surface area contributed by atoms with Crippen LogP contribution in [0.25, 0.3) is 21.9 Å². The van der Waals surface area contributed by atoms with Gasteiger partial charge in [-0.25, -0.2) is 0 Å². The van der Waals surface area contributed by atoms with Gasteiger partial charge in [-0.05, 0) is 156 Å². The van der Waals surface area contributed by atoms with E-state index in [1.165, 1.54) is 130 Å². The number of rotatable bonds is 2. The zero-order valence-corrected chi connectivity index (χ0v) is 41.3. The van der Waals surface area contributed by atoms with Gasteiger partial charge in [0.25, 0.3) is 6.71 Å². The zero-order chi connectivity index (χ0) is 45.7. The molecule has 4 nitrogen and oxygen atoms in total. The summed E-state index contributed by atoms with van der Waals surface area (Å²) in [7, 11) is 0. The molecule has 6 aromatic carbocycles. The van der Waals surface area contributed by atoms with Gasteiger partial charge in [-0.1, -0.05) is 130 Å². The molecule has 2 aliphatic carbocycles. The van der Waals surface area contributed by atoms with Gasteiger partial charge >= 0.3 is 0 Å². The van der Waals surface area contributed by atoms with E-state index in [4.69, 9.17) is 4.42 Å². The number of furan rings is 1. The summed E-state index contributed by atoms with van der Waals surface area (Å²) in [6.07, 6.45) is 9.85. The lowest BCUT2D eigenvalue weighted by Gasteiger charge is -2.53. The average molecular weight is 868 g/mol. The molecule has 2 fully saturated rings. The topological polar surface area (TPSA) is 22.9 Å². The first kappa shape index (κ1) is 40.8. The number of para-hydroxylation sites is 1.